The van der Waals surface area contributed by atoms with Crippen molar-refractivity contribution in [2.45, 2.75) is 64.6 Å². The second-order valence-electron chi connectivity index (χ2n) is 9.72. The summed E-state index contributed by atoms with van der Waals surface area (Å²) in [6.45, 7) is 4.64. The number of carbonyl (C=O) groups excluding carboxylic acids is 1. The Hall–Kier alpha value is -4.07. The van der Waals surface area contributed by atoms with E-state index in [0.29, 0.717) is 34.8 Å². The molecule has 0 bridgehead atoms. The number of nitrogens with zero attached hydrogens (tertiary/aromatic N) is 3. The molecule has 38 heavy (non-hydrogen) atoms. The Morgan fingerprint density at radius 3 is 2.58 bits per heavy atom. The van der Waals surface area contributed by atoms with Gasteiger partial charge in [0.15, 0.2) is 0 Å². The SMILES string of the molecule is CCOc1ccc(-n2c(C(C)N(Cc3ccco3)C(=O)NC3CCCCC3)nc3ccccc3c2=O)cc1. The second-order valence-corrected chi connectivity index (χ2v) is 9.72. The van der Waals surface area contributed by atoms with Crippen LogP contribution in [0.5, 0.6) is 5.75 Å². The van der Waals surface area contributed by atoms with Crippen LogP contribution in [0, 0.1) is 0 Å². The molecule has 1 saturated carbocycles. The molecule has 5 rings (SSSR count). The predicted octanol–water partition coefficient (Wildman–Crippen LogP) is 5.98. The fourth-order valence-electron chi connectivity index (χ4n) is 5.14. The first-order valence-corrected chi connectivity index (χ1v) is 13.4. The van der Waals surface area contributed by atoms with Gasteiger partial charge in [-0.25, -0.2) is 9.78 Å². The zero-order valence-electron chi connectivity index (χ0n) is 21.9. The molecule has 8 nitrogen and oxygen atoms in total. The minimum atomic E-state index is -0.535. The Balaban J connectivity index is 1.59. The molecule has 1 aliphatic carbocycles. The van der Waals surface area contributed by atoms with Gasteiger partial charge in [0.25, 0.3) is 5.56 Å². The molecule has 1 unspecified atom stereocenters. The van der Waals surface area contributed by atoms with Crippen LogP contribution in [0.1, 0.15) is 63.6 Å². The molecule has 4 aromatic rings. The molecule has 1 atom stereocenters. The van der Waals surface area contributed by atoms with Gasteiger partial charge in [0.2, 0.25) is 0 Å². The molecule has 1 fully saturated rings. The molecule has 0 spiro atoms. The molecule has 8 heteroatoms. The summed E-state index contributed by atoms with van der Waals surface area (Å²) in [5.74, 6) is 1.86. The Bertz CT molecular complexity index is 1420. The molecule has 0 radical (unpaired) electrons. The zero-order valence-corrected chi connectivity index (χ0v) is 21.9. The largest absolute Gasteiger partial charge is 0.494 e. The summed E-state index contributed by atoms with van der Waals surface area (Å²) in [7, 11) is 0. The van der Waals surface area contributed by atoms with Crippen LogP contribution >= 0.6 is 0 Å². The van der Waals surface area contributed by atoms with Gasteiger partial charge >= 0.3 is 6.03 Å². The molecule has 2 aromatic heterocycles. The summed E-state index contributed by atoms with van der Waals surface area (Å²) in [6, 6.07) is 17.7. The molecule has 2 aromatic carbocycles. The molecule has 0 saturated heterocycles. The number of amides is 2. The molecule has 1 aliphatic rings. The van der Waals surface area contributed by atoms with Crippen LogP contribution in [0.25, 0.3) is 16.6 Å². The van der Waals surface area contributed by atoms with Gasteiger partial charge in [0.05, 0.1) is 42.0 Å². The smallest absolute Gasteiger partial charge is 0.318 e. The average Bonchev–Trinajstić information content (AvgIpc) is 3.46. The number of ether oxygens (including phenoxy) is 1. The maximum atomic E-state index is 13.8. The van der Waals surface area contributed by atoms with Crippen molar-refractivity contribution in [2.24, 2.45) is 0 Å². The van der Waals surface area contributed by atoms with E-state index < -0.39 is 6.04 Å². The molecule has 0 aliphatic heterocycles. The van der Waals surface area contributed by atoms with Crippen molar-refractivity contribution in [3.8, 4) is 11.4 Å². The number of carbonyl (C=O) groups is 1. The van der Waals surface area contributed by atoms with Gasteiger partial charge in [-0.05, 0) is 75.2 Å². The molecule has 2 heterocycles. The summed E-state index contributed by atoms with van der Waals surface area (Å²) in [4.78, 5) is 34.2. The number of urea groups is 1. The first-order chi connectivity index (χ1) is 18.5. The third kappa shape index (κ3) is 5.44. The Morgan fingerprint density at radius 2 is 1.87 bits per heavy atom. The van der Waals surface area contributed by atoms with Crippen molar-refractivity contribution in [3.63, 3.8) is 0 Å². The van der Waals surface area contributed by atoms with E-state index in [2.05, 4.69) is 5.32 Å². The summed E-state index contributed by atoms with van der Waals surface area (Å²) in [6.07, 6.45) is 6.97. The third-order valence-electron chi connectivity index (χ3n) is 7.15. The third-order valence-corrected chi connectivity index (χ3v) is 7.15. The number of nitrogens with one attached hydrogen (secondary N) is 1. The molecular formula is C30H34N4O4. The van der Waals surface area contributed by atoms with Crippen LogP contribution < -0.4 is 15.6 Å². The Morgan fingerprint density at radius 1 is 1.11 bits per heavy atom. The van der Waals surface area contributed by atoms with E-state index in [-0.39, 0.29) is 24.2 Å². The van der Waals surface area contributed by atoms with E-state index in [9.17, 15) is 9.59 Å². The van der Waals surface area contributed by atoms with Crippen LogP contribution in [-0.4, -0.2) is 33.1 Å². The summed E-state index contributed by atoms with van der Waals surface area (Å²) >= 11 is 0. The lowest BCUT2D eigenvalue weighted by Gasteiger charge is -2.32. The minimum absolute atomic E-state index is 0.139. The lowest BCUT2D eigenvalue weighted by molar-refractivity contribution is 0.159. The van der Waals surface area contributed by atoms with E-state index >= 15 is 0 Å². The Kier molecular flexibility index (Phi) is 7.77. The van der Waals surface area contributed by atoms with Crippen molar-refractivity contribution >= 4 is 16.9 Å². The van der Waals surface area contributed by atoms with Crippen LogP contribution in [0.4, 0.5) is 4.79 Å². The first kappa shape index (κ1) is 25.6. The van der Waals surface area contributed by atoms with Crippen LogP contribution in [0.2, 0.25) is 0 Å². The number of hydrogen-bond acceptors (Lipinski definition) is 5. The summed E-state index contributed by atoms with van der Waals surface area (Å²) in [5, 5.41) is 3.74. The number of para-hydroxylation sites is 1. The van der Waals surface area contributed by atoms with E-state index in [4.69, 9.17) is 14.1 Å². The van der Waals surface area contributed by atoms with Gasteiger partial charge in [-0.3, -0.25) is 9.36 Å². The highest BCUT2D eigenvalue weighted by Gasteiger charge is 2.29. The number of furan rings is 1. The van der Waals surface area contributed by atoms with E-state index in [0.717, 1.165) is 31.4 Å². The molecule has 198 valence electrons. The summed E-state index contributed by atoms with van der Waals surface area (Å²) < 4.78 is 12.8. The highest BCUT2D eigenvalue weighted by molar-refractivity contribution is 5.78. The van der Waals surface area contributed by atoms with Gasteiger partial charge in [-0.2, -0.15) is 0 Å². The van der Waals surface area contributed by atoms with Gasteiger partial charge in [-0.1, -0.05) is 31.4 Å². The van der Waals surface area contributed by atoms with Crippen LogP contribution in [0.3, 0.4) is 0 Å². The monoisotopic (exact) mass is 514 g/mol. The van der Waals surface area contributed by atoms with Crippen LogP contribution in [-0.2, 0) is 6.54 Å². The van der Waals surface area contributed by atoms with Gasteiger partial charge < -0.3 is 19.4 Å². The molecular weight excluding hydrogens is 480 g/mol. The van der Waals surface area contributed by atoms with Gasteiger partial charge in [-0.15, -0.1) is 0 Å². The highest BCUT2D eigenvalue weighted by atomic mass is 16.5. The van der Waals surface area contributed by atoms with Crippen molar-refractivity contribution in [1.29, 1.82) is 0 Å². The maximum Gasteiger partial charge on any atom is 0.318 e. The zero-order chi connectivity index (χ0) is 26.5. The van der Waals surface area contributed by atoms with Gasteiger partial charge in [0, 0.05) is 6.04 Å². The fraction of sp³-hybridized carbons (Fsp3) is 0.367. The number of hydrogen-bond donors (Lipinski definition) is 1. The first-order valence-electron chi connectivity index (χ1n) is 13.4. The topological polar surface area (TPSA) is 89.6 Å². The normalized spacial score (nSPS) is 14.8. The van der Waals surface area contributed by atoms with Crippen LogP contribution in [0.15, 0.2) is 76.1 Å². The average molecular weight is 515 g/mol. The number of fused-ring (bicyclic) bond motifs is 1. The van der Waals surface area contributed by atoms with Crippen molar-refractivity contribution in [3.05, 3.63) is 88.9 Å². The van der Waals surface area contributed by atoms with Gasteiger partial charge in [0.1, 0.15) is 17.3 Å². The maximum absolute atomic E-state index is 13.8. The molecule has 1 N–H and O–H groups in total. The lowest BCUT2D eigenvalue weighted by atomic mass is 9.96. The fourth-order valence-corrected chi connectivity index (χ4v) is 5.14. The minimum Gasteiger partial charge on any atom is -0.494 e. The van der Waals surface area contributed by atoms with Crippen molar-refractivity contribution in [1.82, 2.24) is 19.8 Å². The van der Waals surface area contributed by atoms with Crippen molar-refractivity contribution in [2.75, 3.05) is 6.61 Å². The number of benzene rings is 2. The number of aromatic nitrogens is 2. The molecule has 2 amide bonds. The predicted molar refractivity (Wildman–Crippen MR) is 147 cm³/mol. The Labute approximate surface area is 222 Å². The standard InChI is InChI=1S/C30H34N4O4/c1-3-37-24-17-15-23(16-18-24)34-28(32-27-14-8-7-13-26(27)29(34)35)21(2)33(20-25-12-9-19-38-25)30(36)31-22-10-5-4-6-11-22/h7-9,12-19,21-22H,3-6,10-11,20H2,1-2H3,(H,31,36). The lowest BCUT2D eigenvalue weighted by Crippen LogP contribution is -2.47. The quantitative estimate of drug-likeness (QED) is 0.312. The van der Waals surface area contributed by atoms with E-state index in [1.54, 1.807) is 27.9 Å². The second kappa shape index (κ2) is 11.5. The van der Waals surface area contributed by atoms with E-state index in [1.165, 1.54) is 6.42 Å². The van der Waals surface area contributed by atoms with Crippen molar-refractivity contribution < 1.29 is 13.9 Å². The highest BCUT2D eigenvalue weighted by Crippen LogP contribution is 2.26. The summed E-state index contributed by atoms with van der Waals surface area (Å²) in [5.41, 5.74) is 1.06. The number of rotatable bonds is 8. The van der Waals surface area contributed by atoms with E-state index in [1.807, 2.05) is 62.4 Å².